The first-order valence-corrected chi connectivity index (χ1v) is 6.44. The van der Waals surface area contributed by atoms with Crippen molar-refractivity contribution < 1.29 is 4.79 Å². The summed E-state index contributed by atoms with van der Waals surface area (Å²) < 4.78 is 0. The SMILES string of the molecule is Cc1[nH]c2ccccc2c1C(=O)[C@H](C)CBr. The molecule has 3 heteroatoms. The lowest BCUT2D eigenvalue weighted by Gasteiger charge is -2.06. The highest BCUT2D eigenvalue weighted by atomic mass is 79.9. The number of H-pyrrole nitrogens is 1. The highest BCUT2D eigenvalue weighted by Gasteiger charge is 2.20. The minimum Gasteiger partial charge on any atom is -0.358 e. The van der Waals surface area contributed by atoms with Gasteiger partial charge in [0.15, 0.2) is 5.78 Å². The Morgan fingerprint density at radius 1 is 1.44 bits per heavy atom. The Morgan fingerprint density at radius 2 is 2.12 bits per heavy atom. The second-order valence-corrected chi connectivity index (χ2v) is 4.74. The fourth-order valence-electron chi connectivity index (χ4n) is 1.91. The molecule has 0 unspecified atom stereocenters. The van der Waals surface area contributed by atoms with Crippen LogP contribution in [0.1, 0.15) is 23.0 Å². The number of alkyl halides is 1. The zero-order valence-corrected chi connectivity index (χ0v) is 11.0. The van der Waals surface area contributed by atoms with Crippen LogP contribution in [-0.2, 0) is 0 Å². The fraction of sp³-hybridized carbons (Fsp3) is 0.308. The molecule has 1 aromatic heterocycles. The van der Waals surface area contributed by atoms with Crippen molar-refractivity contribution in [1.29, 1.82) is 0 Å². The van der Waals surface area contributed by atoms with E-state index in [4.69, 9.17) is 0 Å². The van der Waals surface area contributed by atoms with Gasteiger partial charge < -0.3 is 4.98 Å². The smallest absolute Gasteiger partial charge is 0.168 e. The van der Waals surface area contributed by atoms with E-state index in [9.17, 15) is 4.79 Å². The number of aromatic amines is 1. The number of halogens is 1. The lowest BCUT2D eigenvalue weighted by molar-refractivity contribution is 0.0943. The second-order valence-electron chi connectivity index (χ2n) is 4.09. The van der Waals surface area contributed by atoms with Gasteiger partial charge in [-0.05, 0) is 13.0 Å². The molecule has 0 radical (unpaired) electrons. The highest BCUT2D eigenvalue weighted by molar-refractivity contribution is 9.09. The maximum atomic E-state index is 12.2. The summed E-state index contributed by atoms with van der Waals surface area (Å²) in [7, 11) is 0. The second kappa shape index (κ2) is 4.42. The summed E-state index contributed by atoms with van der Waals surface area (Å²) in [6.45, 7) is 3.90. The lowest BCUT2D eigenvalue weighted by Crippen LogP contribution is -2.13. The van der Waals surface area contributed by atoms with Crippen LogP contribution in [0.25, 0.3) is 10.9 Å². The van der Waals surface area contributed by atoms with Gasteiger partial charge in [-0.3, -0.25) is 4.79 Å². The van der Waals surface area contributed by atoms with Gasteiger partial charge >= 0.3 is 0 Å². The van der Waals surface area contributed by atoms with E-state index in [0.29, 0.717) is 5.33 Å². The van der Waals surface area contributed by atoms with E-state index in [1.807, 2.05) is 38.1 Å². The van der Waals surface area contributed by atoms with Gasteiger partial charge in [0.1, 0.15) is 0 Å². The molecule has 2 rings (SSSR count). The molecule has 0 fully saturated rings. The summed E-state index contributed by atoms with van der Waals surface area (Å²) >= 11 is 3.36. The number of rotatable bonds is 3. The normalized spacial score (nSPS) is 12.9. The van der Waals surface area contributed by atoms with Gasteiger partial charge in [0.2, 0.25) is 0 Å². The molecule has 0 saturated carbocycles. The molecule has 2 nitrogen and oxygen atoms in total. The zero-order valence-electron chi connectivity index (χ0n) is 9.38. The van der Waals surface area contributed by atoms with Gasteiger partial charge in [0.05, 0.1) is 0 Å². The molecular formula is C13H14BrNO. The van der Waals surface area contributed by atoms with Crippen molar-refractivity contribution in [3.8, 4) is 0 Å². The third-order valence-electron chi connectivity index (χ3n) is 2.82. The van der Waals surface area contributed by atoms with E-state index in [0.717, 1.165) is 22.2 Å². The van der Waals surface area contributed by atoms with Crippen LogP contribution in [0.15, 0.2) is 24.3 Å². The van der Waals surface area contributed by atoms with E-state index in [2.05, 4.69) is 20.9 Å². The lowest BCUT2D eigenvalue weighted by atomic mass is 9.98. The largest absolute Gasteiger partial charge is 0.358 e. The zero-order chi connectivity index (χ0) is 11.7. The van der Waals surface area contributed by atoms with Crippen molar-refractivity contribution in [2.45, 2.75) is 13.8 Å². The van der Waals surface area contributed by atoms with E-state index in [-0.39, 0.29) is 11.7 Å². The van der Waals surface area contributed by atoms with Gasteiger partial charge in [-0.25, -0.2) is 0 Å². The van der Waals surface area contributed by atoms with Crippen molar-refractivity contribution in [2.24, 2.45) is 5.92 Å². The van der Waals surface area contributed by atoms with Crippen LogP contribution in [0.4, 0.5) is 0 Å². The van der Waals surface area contributed by atoms with Crippen LogP contribution in [-0.4, -0.2) is 16.1 Å². The summed E-state index contributed by atoms with van der Waals surface area (Å²) in [5, 5.41) is 1.72. The maximum Gasteiger partial charge on any atom is 0.168 e. The molecule has 0 amide bonds. The first-order valence-electron chi connectivity index (χ1n) is 5.32. The number of benzene rings is 1. The van der Waals surface area contributed by atoms with E-state index in [1.165, 1.54) is 0 Å². The molecule has 1 atom stereocenters. The monoisotopic (exact) mass is 279 g/mol. The van der Waals surface area contributed by atoms with Crippen LogP contribution in [0, 0.1) is 12.8 Å². The number of carbonyl (C=O) groups excluding carboxylic acids is 1. The molecule has 1 N–H and O–H groups in total. The number of Topliss-reactive ketones (excluding diaryl/α,β-unsaturated/α-hetero) is 1. The van der Waals surface area contributed by atoms with Crippen molar-refractivity contribution >= 4 is 32.6 Å². The van der Waals surface area contributed by atoms with Crippen LogP contribution in [0.2, 0.25) is 0 Å². The fourth-order valence-corrected chi connectivity index (χ4v) is 2.20. The Kier molecular flexibility index (Phi) is 3.15. The molecule has 0 aliphatic heterocycles. The van der Waals surface area contributed by atoms with Crippen LogP contribution in [0.5, 0.6) is 0 Å². The first kappa shape index (κ1) is 11.4. The number of aryl methyl sites for hydroxylation is 1. The highest BCUT2D eigenvalue weighted by Crippen LogP contribution is 2.24. The molecule has 0 bridgehead atoms. The topological polar surface area (TPSA) is 32.9 Å². The Hall–Kier alpha value is -1.09. The van der Waals surface area contributed by atoms with Crippen molar-refractivity contribution in [3.05, 3.63) is 35.5 Å². The number of nitrogens with one attached hydrogen (secondary N) is 1. The van der Waals surface area contributed by atoms with E-state index >= 15 is 0 Å². The number of fused-ring (bicyclic) bond motifs is 1. The number of hydrogen-bond acceptors (Lipinski definition) is 1. The predicted molar refractivity (Wildman–Crippen MR) is 70.3 cm³/mol. The van der Waals surface area contributed by atoms with Crippen LogP contribution >= 0.6 is 15.9 Å². The van der Waals surface area contributed by atoms with Gasteiger partial charge in [-0.2, -0.15) is 0 Å². The molecule has 1 heterocycles. The quantitative estimate of drug-likeness (QED) is 0.675. The average Bonchev–Trinajstić information content (AvgIpc) is 2.63. The Morgan fingerprint density at radius 3 is 2.81 bits per heavy atom. The Labute approximate surface area is 103 Å². The summed E-state index contributed by atoms with van der Waals surface area (Å²) in [4.78, 5) is 15.5. The van der Waals surface area contributed by atoms with Crippen molar-refractivity contribution in [1.82, 2.24) is 4.98 Å². The van der Waals surface area contributed by atoms with Crippen molar-refractivity contribution in [2.75, 3.05) is 5.33 Å². The van der Waals surface area contributed by atoms with Crippen molar-refractivity contribution in [3.63, 3.8) is 0 Å². The van der Waals surface area contributed by atoms with Gasteiger partial charge in [-0.1, -0.05) is 41.1 Å². The summed E-state index contributed by atoms with van der Waals surface area (Å²) in [5.41, 5.74) is 2.83. The van der Waals surface area contributed by atoms with Gasteiger partial charge in [0.25, 0.3) is 0 Å². The summed E-state index contributed by atoms with van der Waals surface area (Å²) in [6.07, 6.45) is 0. The molecule has 1 aromatic carbocycles. The van der Waals surface area contributed by atoms with Crippen LogP contribution < -0.4 is 0 Å². The molecule has 2 aromatic rings. The predicted octanol–water partition coefficient (Wildman–Crippen LogP) is 3.69. The number of ketones is 1. The maximum absolute atomic E-state index is 12.2. The third-order valence-corrected chi connectivity index (χ3v) is 3.79. The van der Waals surface area contributed by atoms with E-state index in [1.54, 1.807) is 0 Å². The summed E-state index contributed by atoms with van der Waals surface area (Å²) in [6, 6.07) is 7.93. The number of aromatic nitrogens is 1. The molecular weight excluding hydrogens is 266 g/mol. The first-order chi connectivity index (χ1) is 7.65. The minimum atomic E-state index is 0.0120. The number of para-hydroxylation sites is 1. The Balaban J connectivity index is 2.59. The van der Waals surface area contributed by atoms with Crippen LogP contribution in [0.3, 0.4) is 0 Å². The molecule has 0 aliphatic carbocycles. The summed E-state index contributed by atoms with van der Waals surface area (Å²) in [5.74, 6) is 0.213. The molecule has 0 spiro atoms. The van der Waals surface area contributed by atoms with E-state index < -0.39 is 0 Å². The molecule has 16 heavy (non-hydrogen) atoms. The molecule has 0 aliphatic rings. The standard InChI is InChI=1S/C13H14BrNO/c1-8(7-14)13(16)12-9(2)15-11-6-4-3-5-10(11)12/h3-6,8,15H,7H2,1-2H3/t8-/m1/s1. The average molecular weight is 280 g/mol. The Bertz CT molecular complexity index is 530. The number of carbonyl (C=O) groups is 1. The third kappa shape index (κ3) is 1.80. The number of hydrogen-bond donors (Lipinski definition) is 1. The van der Waals surface area contributed by atoms with Gasteiger partial charge in [-0.15, -0.1) is 0 Å². The molecule has 0 saturated heterocycles. The van der Waals surface area contributed by atoms with Gasteiger partial charge in [0, 0.05) is 33.4 Å². The molecule has 84 valence electrons. The minimum absolute atomic E-state index is 0.0120.